The highest BCUT2D eigenvalue weighted by Gasteiger charge is 2.14. The molecule has 0 aliphatic rings. The molecule has 1 heterocycles. The molecule has 1 aromatic carbocycles. The molecule has 0 aliphatic carbocycles. The van der Waals surface area contributed by atoms with Crippen molar-refractivity contribution in [3.05, 3.63) is 54.2 Å². The Morgan fingerprint density at radius 3 is 2.65 bits per heavy atom. The predicted molar refractivity (Wildman–Crippen MR) is 69.5 cm³/mol. The number of para-hydroxylation sites is 1. The zero-order valence-electron chi connectivity index (χ0n) is 10.2. The first-order valence-electron chi connectivity index (χ1n) is 5.59. The number of amides is 2. The smallest absolute Gasteiger partial charge is 0.329 e. The van der Waals surface area contributed by atoms with E-state index in [2.05, 4.69) is 10.4 Å². The Balaban J connectivity index is 1.89. The molecule has 0 radical (unpaired) electrons. The molecule has 2 rings (SSSR count). The highest BCUT2D eigenvalue weighted by molar-refractivity contribution is 6.39. The number of nitrogens with one attached hydrogen (secondary N) is 2. The SMILES string of the molecule is O=C(N/N=C/c1ccco1)C(=O)Nc1ccccc1F. The van der Waals surface area contributed by atoms with Crippen LogP contribution < -0.4 is 10.7 Å². The molecule has 0 aliphatic heterocycles. The maximum Gasteiger partial charge on any atom is 0.329 e. The van der Waals surface area contributed by atoms with Crippen molar-refractivity contribution in [1.29, 1.82) is 0 Å². The number of hydrazone groups is 1. The van der Waals surface area contributed by atoms with Crippen LogP contribution in [0.15, 0.2) is 52.2 Å². The van der Waals surface area contributed by atoms with Gasteiger partial charge in [-0.25, -0.2) is 9.82 Å². The van der Waals surface area contributed by atoms with Crippen LogP contribution in [0.5, 0.6) is 0 Å². The van der Waals surface area contributed by atoms with Gasteiger partial charge in [-0.15, -0.1) is 0 Å². The van der Waals surface area contributed by atoms with E-state index in [1.807, 2.05) is 5.43 Å². The molecular formula is C13H10FN3O3. The van der Waals surface area contributed by atoms with Gasteiger partial charge in [-0.2, -0.15) is 5.10 Å². The van der Waals surface area contributed by atoms with Crippen LogP contribution in [0.25, 0.3) is 0 Å². The van der Waals surface area contributed by atoms with E-state index in [0.29, 0.717) is 5.76 Å². The summed E-state index contributed by atoms with van der Waals surface area (Å²) in [6.07, 6.45) is 2.67. The highest BCUT2D eigenvalue weighted by Crippen LogP contribution is 2.11. The van der Waals surface area contributed by atoms with E-state index in [-0.39, 0.29) is 5.69 Å². The van der Waals surface area contributed by atoms with Crippen molar-refractivity contribution in [2.24, 2.45) is 5.10 Å². The first-order chi connectivity index (χ1) is 9.66. The second-order valence-electron chi connectivity index (χ2n) is 3.65. The Hall–Kier alpha value is -2.96. The molecule has 102 valence electrons. The topological polar surface area (TPSA) is 83.7 Å². The van der Waals surface area contributed by atoms with Gasteiger partial charge in [0.05, 0.1) is 18.2 Å². The second-order valence-corrected chi connectivity index (χ2v) is 3.65. The molecule has 0 spiro atoms. The molecule has 0 fully saturated rings. The number of carbonyl (C=O) groups excluding carboxylic acids is 2. The first-order valence-corrected chi connectivity index (χ1v) is 5.59. The lowest BCUT2D eigenvalue weighted by Gasteiger charge is -2.04. The molecular weight excluding hydrogens is 265 g/mol. The van der Waals surface area contributed by atoms with E-state index in [1.54, 1.807) is 12.1 Å². The summed E-state index contributed by atoms with van der Waals surface area (Å²) in [7, 11) is 0. The van der Waals surface area contributed by atoms with E-state index in [4.69, 9.17) is 4.42 Å². The van der Waals surface area contributed by atoms with E-state index < -0.39 is 17.6 Å². The molecule has 1 aromatic heterocycles. The third kappa shape index (κ3) is 3.52. The van der Waals surface area contributed by atoms with Crippen molar-refractivity contribution < 1.29 is 18.4 Å². The van der Waals surface area contributed by atoms with Crippen molar-refractivity contribution >= 4 is 23.7 Å². The number of nitrogens with zero attached hydrogens (tertiary/aromatic N) is 1. The lowest BCUT2D eigenvalue weighted by molar-refractivity contribution is -0.136. The molecule has 0 saturated heterocycles. The number of anilines is 1. The fourth-order valence-electron chi connectivity index (χ4n) is 1.31. The van der Waals surface area contributed by atoms with Crippen LogP contribution >= 0.6 is 0 Å². The first kappa shape index (κ1) is 13.5. The fraction of sp³-hybridized carbons (Fsp3) is 0. The number of furan rings is 1. The van der Waals surface area contributed by atoms with Crippen LogP contribution in [0.4, 0.5) is 10.1 Å². The number of hydrogen-bond acceptors (Lipinski definition) is 4. The molecule has 20 heavy (non-hydrogen) atoms. The normalized spacial score (nSPS) is 10.4. The number of halogens is 1. The number of carbonyl (C=O) groups is 2. The summed E-state index contributed by atoms with van der Waals surface area (Å²) in [5.74, 6) is -2.25. The van der Waals surface area contributed by atoms with Crippen LogP contribution in [-0.4, -0.2) is 18.0 Å². The Bertz CT molecular complexity index is 638. The van der Waals surface area contributed by atoms with Gasteiger partial charge in [0.1, 0.15) is 11.6 Å². The Morgan fingerprint density at radius 1 is 1.15 bits per heavy atom. The van der Waals surface area contributed by atoms with Gasteiger partial charge < -0.3 is 9.73 Å². The maximum atomic E-state index is 13.3. The summed E-state index contributed by atoms with van der Waals surface area (Å²) in [4.78, 5) is 22.9. The van der Waals surface area contributed by atoms with Gasteiger partial charge in [0.25, 0.3) is 0 Å². The van der Waals surface area contributed by atoms with Gasteiger partial charge >= 0.3 is 11.8 Å². The zero-order valence-corrected chi connectivity index (χ0v) is 10.2. The lowest BCUT2D eigenvalue weighted by Crippen LogP contribution is -2.32. The largest absolute Gasteiger partial charge is 0.463 e. The standard InChI is InChI=1S/C13H10FN3O3/c14-10-5-1-2-6-11(10)16-12(18)13(19)17-15-8-9-4-3-7-20-9/h1-8H,(H,16,18)(H,17,19)/b15-8+. The Morgan fingerprint density at radius 2 is 1.95 bits per heavy atom. The summed E-state index contributed by atoms with van der Waals surface area (Å²) < 4.78 is 18.2. The molecule has 7 heteroatoms. The summed E-state index contributed by atoms with van der Waals surface area (Å²) >= 11 is 0. The van der Waals surface area contributed by atoms with Crippen LogP contribution in [0.2, 0.25) is 0 Å². The molecule has 2 N–H and O–H groups in total. The van der Waals surface area contributed by atoms with E-state index >= 15 is 0 Å². The third-order valence-corrected chi connectivity index (χ3v) is 2.23. The van der Waals surface area contributed by atoms with E-state index in [9.17, 15) is 14.0 Å². The summed E-state index contributed by atoms with van der Waals surface area (Å²) in [5, 5.41) is 5.66. The molecule has 2 amide bonds. The molecule has 2 aromatic rings. The van der Waals surface area contributed by atoms with E-state index in [0.717, 1.165) is 0 Å². The predicted octanol–water partition coefficient (Wildman–Crippen LogP) is 1.51. The van der Waals surface area contributed by atoms with Gasteiger partial charge in [0.15, 0.2) is 0 Å². The monoisotopic (exact) mass is 275 g/mol. The highest BCUT2D eigenvalue weighted by atomic mass is 19.1. The zero-order chi connectivity index (χ0) is 14.4. The van der Waals surface area contributed by atoms with Crippen LogP contribution in [0, 0.1) is 5.82 Å². The summed E-state index contributed by atoms with van der Waals surface area (Å²) in [6.45, 7) is 0. The number of rotatable bonds is 3. The lowest BCUT2D eigenvalue weighted by atomic mass is 10.3. The van der Waals surface area contributed by atoms with Crippen molar-refractivity contribution in [1.82, 2.24) is 5.43 Å². The maximum absolute atomic E-state index is 13.3. The quantitative estimate of drug-likeness (QED) is 0.506. The van der Waals surface area contributed by atoms with Gasteiger partial charge in [-0.3, -0.25) is 9.59 Å². The van der Waals surface area contributed by atoms with Crippen LogP contribution in [0.3, 0.4) is 0 Å². The van der Waals surface area contributed by atoms with Crippen LogP contribution in [0.1, 0.15) is 5.76 Å². The molecule has 6 nitrogen and oxygen atoms in total. The third-order valence-electron chi connectivity index (χ3n) is 2.23. The summed E-state index contributed by atoms with van der Waals surface area (Å²) in [6, 6.07) is 8.78. The summed E-state index contributed by atoms with van der Waals surface area (Å²) in [5.41, 5.74) is 1.92. The minimum absolute atomic E-state index is 0.0809. The van der Waals surface area contributed by atoms with E-state index in [1.165, 1.54) is 36.7 Å². The molecule has 0 bridgehead atoms. The van der Waals surface area contributed by atoms with Crippen LogP contribution in [-0.2, 0) is 9.59 Å². The van der Waals surface area contributed by atoms with Crippen molar-refractivity contribution in [3.8, 4) is 0 Å². The average Bonchev–Trinajstić information content (AvgIpc) is 2.94. The molecule has 0 atom stereocenters. The minimum Gasteiger partial charge on any atom is -0.463 e. The van der Waals surface area contributed by atoms with Crippen molar-refractivity contribution in [2.75, 3.05) is 5.32 Å². The fourth-order valence-corrected chi connectivity index (χ4v) is 1.31. The Labute approximate surface area is 113 Å². The average molecular weight is 275 g/mol. The van der Waals surface area contributed by atoms with Gasteiger partial charge in [0, 0.05) is 0 Å². The number of hydrogen-bond donors (Lipinski definition) is 2. The second kappa shape index (κ2) is 6.28. The molecule has 0 unspecified atom stereocenters. The van der Waals surface area contributed by atoms with Gasteiger partial charge in [0.2, 0.25) is 0 Å². The molecule has 0 saturated carbocycles. The number of benzene rings is 1. The van der Waals surface area contributed by atoms with Gasteiger partial charge in [-0.1, -0.05) is 12.1 Å². The van der Waals surface area contributed by atoms with Crippen molar-refractivity contribution in [2.45, 2.75) is 0 Å². The minimum atomic E-state index is -1.02. The van der Waals surface area contributed by atoms with Crippen molar-refractivity contribution in [3.63, 3.8) is 0 Å². The Kier molecular flexibility index (Phi) is 4.23. The van der Waals surface area contributed by atoms with Gasteiger partial charge in [-0.05, 0) is 24.3 Å².